The highest BCUT2D eigenvalue weighted by Crippen LogP contribution is 2.23. The average Bonchev–Trinajstić information content (AvgIpc) is 2.67. The average molecular weight is 418 g/mol. The highest BCUT2D eigenvalue weighted by Gasteiger charge is 2.21. The van der Waals surface area contributed by atoms with Gasteiger partial charge >= 0.3 is 5.97 Å². The Morgan fingerprint density at radius 3 is 2.21 bits per heavy atom. The number of ether oxygens (including phenoxy) is 1. The zero-order valence-electron chi connectivity index (χ0n) is 14.9. The number of nitro groups is 2. The molecule has 0 unspecified atom stereocenters. The van der Waals surface area contributed by atoms with Crippen molar-refractivity contribution in [3.63, 3.8) is 0 Å². The fourth-order valence-corrected chi connectivity index (χ4v) is 2.45. The van der Waals surface area contributed by atoms with E-state index in [-0.39, 0.29) is 28.5 Å². The number of carbonyl (C=O) groups excluding carboxylic acids is 2. The van der Waals surface area contributed by atoms with Crippen molar-refractivity contribution in [2.24, 2.45) is 0 Å². The molecule has 0 radical (unpaired) electrons. The first kappa shape index (κ1) is 21.4. The zero-order valence-corrected chi connectivity index (χ0v) is 15.7. The van der Waals surface area contributed by atoms with E-state index in [9.17, 15) is 29.8 Å². The largest absolute Gasteiger partial charge is 0.462 e. The molecule has 12 heteroatoms. The Morgan fingerprint density at radius 1 is 1.07 bits per heavy atom. The molecule has 1 amide bonds. The Balaban J connectivity index is 2.20. The van der Waals surface area contributed by atoms with E-state index in [0.29, 0.717) is 0 Å². The van der Waals surface area contributed by atoms with Crippen molar-refractivity contribution in [3.8, 4) is 0 Å². The van der Waals surface area contributed by atoms with E-state index >= 15 is 0 Å². The maximum atomic E-state index is 12.3. The number of anilines is 1. The minimum absolute atomic E-state index is 0.167. The van der Waals surface area contributed by atoms with E-state index in [1.807, 2.05) is 0 Å². The second-order valence-electron chi connectivity index (χ2n) is 5.43. The van der Waals surface area contributed by atoms with Gasteiger partial charge in [-0.1, -0.05) is 12.1 Å². The molecule has 0 aliphatic carbocycles. The SMILES string of the molecule is CCOC(=O)c1ccccc1NC(=S)NC(=O)c1cc([N+](=O)[O-])cc([N+](=O)[O-])c1. The topological polar surface area (TPSA) is 154 Å². The van der Waals surface area contributed by atoms with Crippen LogP contribution in [-0.2, 0) is 4.74 Å². The van der Waals surface area contributed by atoms with Crippen molar-refractivity contribution in [1.29, 1.82) is 0 Å². The number of esters is 1. The summed E-state index contributed by atoms with van der Waals surface area (Å²) in [7, 11) is 0. The molecule has 11 nitrogen and oxygen atoms in total. The molecule has 0 aliphatic rings. The summed E-state index contributed by atoms with van der Waals surface area (Å²) in [6, 6.07) is 8.77. The number of rotatable bonds is 6. The van der Waals surface area contributed by atoms with E-state index in [2.05, 4.69) is 10.6 Å². The van der Waals surface area contributed by atoms with Gasteiger partial charge in [0.25, 0.3) is 17.3 Å². The van der Waals surface area contributed by atoms with Crippen LogP contribution < -0.4 is 10.6 Å². The maximum Gasteiger partial charge on any atom is 0.340 e. The summed E-state index contributed by atoms with van der Waals surface area (Å²) < 4.78 is 4.93. The van der Waals surface area contributed by atoms with Gasteiger partial charge in [-0.05, 0) is 31.3 Å². The monoisotopic (exact) mass is 418 g/mol. The van der Waals surface area contributed by atoms with Crippen LogP contribution in [0.1, 0.15) is 27.6 Å². The van der Waals surface area contributed by atoms with Crippen LogP contribution in [0.15, 0.2) is 42.5 Å². The van der Waals surface area contributed by atoms with E-state index in [4.69, 9.17) is 17.0 Å². The number of non-ortho nitro benzene ring substituents is 2. The van der Waals surface area contributed by atoms with Crippen molar-refractivity contribution >= 4 is 46.3 Å². The molecule has 0 heterocycles. The Labute approximate surface area is 169 Å². The Kier molecular flexibility index (Phi) is 6.87. The lowest BCUT2D eigenvalue weighted by atomic mass is 10.1. The molecule has 0 bridgehead atoms. The summed E-state index contributed by atoms with van der Waals surface area (Å²) in [5.74, 6) is -1.50. The predicted octanol–water partition coefficient (Wildman–Crippen LogP) is 2.81. The molecule has 0 aromatic heterocycles. The summed E-state index contributed by atoms with van der Waals surface area (Å²) in [5, 5.41) is 26.6. The third kappa shape index (κ3) is 5.52. The summed E-state index contributed by atoms with van der Waals surface area (Å²) >= 11 is 5.03. The van der Waals surface area contributed by atoms with E-state index in [1.165, 1.54) is 12.1 Å². The van der Waals surface area contributed by atoms with Gasteiger partial charge in [0, 0.05) is 12.1 Å². The van der Waals surface area contributed by atoms with Crippen LogP contribution in [-0.4, -0.2) is 33.4 Å². The van der Waals surface area contributed by atoms with Crippen LogP contribution in [0.5, 0.6) is 0 Å². The first-order chi connectivity index (χ1) is 13.7. The lowest BCUT2D eigenvalue weighted by Crippen LogP contribution is -2.34. The normalized spacial score (nSPS) is 9.97. The number of para-hydroxylation sites is 1. The summed E-state index contributed by atoms with van der Waals surface area (Å²) in [6.45, 7) is 1.82. The molecule has 150 valence electrons. The van der Waals surface area contributed by atoms with E-state index in [1.54, 1.807) is 19.1 Å². The minimum atomic E-state index is -0.900. The molecule has 0 saturated heterocycles. The zero-order chi connectivity index (χ0) is 21.6. The molecule has 29 heavy (non-hydrogen) atoms. The first-order valence-corrected chi connectivity index (χ1v) is 8.46. The van der Waals surface area contributed by atoms with Crippen molar-refractivity contribution in [2.45, 2.75) is 6.92 Å². The van der Waals surface area contributed by atoms with E-state index < -0.39 is 33.1 Å². The number of nitrogens with zero attached hydrogens (tertiary/aromatic N) is 2. The molecule has 2 N–H and O–H groups in total. The van der Waals surface area contributed by atoms with Crippen LogP contribution in [0, 0.1) is 20.2 Å². The van der Waals surface area contributed by atoms with Crippen LogP contribution in [0.3, 0.4) is 0 Å². The van der Waals surface area contributed by atoms with Crippen molar-refractivity contribution in [3.05, 3.63) is 73.8 Å². The number of hydrogen-bond donors (Lipinski definition) is 2. The van der Waals surface area contributed by atoms with Crippen LogP contribution in [0.2, 0.25) is 0 Å². The van der Waals surface area contributed by atoms with Crippen LogP contribution in [0.4, 0.5) is 17.1 Å². The quantitative estimate of drug-likeness (QED) is 0.312. The third-order valence-corrected chi connectivity index (χ3v) is 3.69. The molecular formula is C17H14N4O7S. The number of thiocarbonyl (C=S) groups is 1. The lowest BCUT2D eigenvalue weighted by Gasteiger charge is -2.12. The predicted molar refractivity (Wildman–Crippen MR) is 106 cm³/mol. The van der Waals surface area contributed by atoms with Gasteiger partial charge in [0.1, 0.15) is 0 Å². The number of nitro benzene ring substituents is 2. The number of carbonyl (C=O) groups is 2. The van der Waals surface area contributed by atoms with Gasteiger partial charge in [0.2, 0.25) is 0 Å². The number of benzene rings is 2. The minimum Gasteiger partial charge on any atom is -0.462 e. The molecule has 2 aromatic rings. The lowest BCUT2D eigenvalue weighted by molar-refractivity contribution is -0.394. The van der Waals surface area contributed by atoms with Crippen molar-refractivity contribution in [2.75, 3.05) is 11.9 Å². The van der Waals surface area contributed by atoms with Gasteiger partial charge in [-0.2, -0.15) is 0 Å². The number of nitrogens with one attached hydrogen (secondary N) is 2. The Morgan fingerprint density at radius 2 is 1.66 bits per heavy atom. The van der Waals surface area contributed by atoms with Crippen LogP contribution >= 0.6 is 12.2 Å². The number of hydrogen-bond acceptors (Lipinski definition) is 8. The summed E-state index contributed by atoms with van der Waals surface area (Å²) in [5.41, 5.74) is -1.11. The number of amides is 1. The molecular weight excluding hydrogens is 404 g/mol. The second kappa shape index (κ2) is 9.32. The highest BCUT2D eigenvalue weighted by molar-refractivity contribution is 7.80. The van der Waals surface area contributed by atoms with Crippen LogP contribution in [0.25, 0.3) is 0 Å². The molecule has 0 aliphatic heterocycles. The fraction of sp³-hybridized carbons (Fsp3) is 0.118. The Hall–Kier alpha value is -3.93. The smallest absolute Gasteiger partial charge is 0.340 e. The summed E-state index contributed by atoms with van der Waals surface area (Å²) in [4.78, 5) is 44.5. The van der Waals surface area contributed by atoms with Gasteiger partial charge in [0.05, 0.1) is 39.3 Å². The van der Waals surface area contributed by atoms with Gasteiger partial charge in [-0.25, -0.2) is 4.79 Å². The van der Waals surface area contributed by atoms with Gasteiger partial charge in [-0.3, -0.25) is 30.3 Å². The van der Waals surface area contributed by atoms with Gasteiger partial charge < -0.3 is 10.1 Å². The van der Waals surface area contributed by atoms with Gasteiger partial charge in [0.15, 0.2) is 5.11 Å². The van der Waals surface area contributed by atoms with Gasteiger partial charge in [-0.15, -0.1) is 0 Å². The molecule has 0 spiro atoms. The standard InChI is InChI=1S/C17H14N4O7S/c1-2-28-16(23)13-5-3-4-6-14(13)18-17(29)19-15(22)10-7-11(20(24)25)9-12(8-10)21(26)27/h3-9H,2H2,1H3,(H2,18,19,22,29). The maximum absolute atomic E-state index is 12.3. The molecule has 0 fully saturated rings. The third-order valence-electron chi connectivity index (χ3n) is 3.48. The second-order valence-corrected chi connectivity index (χ2v) is 5.83. The molecule has 0 atom stereocenters. The molecule has 2 rings (SSSR count). The molecule has 0 saturated carbocycles. The van der Waals surface area contributed by atoms with Crippen molar-refractivity contribution < 1.29 is 24.2 Å². The summed E-state index contributed by atoms with van der Waals surface area (Å²) in [6.07, 6.45) is 0. The van der Waals surface area contributed by atoms with E-state index in [0.717, 1.165) is 18.2 Å². The Bertz CT molecular complexity index is 977. The first-order valence-electron chi connectivity index (χ1n) is 8.05. The fourth-order valence-electron chi connectivity index (χ4n) is 2.24. The molecule has 2 aromatic carbocycles. The highest BCUT2D eigenvalue weighted by atomic mass is 32.1. The van der Waals surface area contributed by atoms with Crippen molar-refractivity contribution in [1.82, 2.24) is 5.32 Å².